The minimum atomic E-state index is -2.14. The quantitative estimate of drug-likeness (QED) is 0.760. The first-order chi connectivity index (χ1) is 8.54. The van der Waals surface area contributed by atoms with E-state index >= 15 is 0 Å². The Hall–Kier alpha value is -2.18. The second-order valence-electron chi connectivity index (χ2n) is 3.71. The van der Waals surface area contributed by atoms with Gasteiger partial charge in [-0.1, -0.05) is 0 Å². The Bertz CT molecular complexity index is 647. The first-order valence-corrected chi connectivity index (χ1v) is 5.42. The first kappa shape index (κ1) is 12.3. The van der Waals surface area contributed by atoms with E-state index in [0.717, 1.165) is 0 Å². The number of rotatable bonds is 3. The summed E-state index contributed by atoms with van der Waals surface area (Å²) in [7, 11) is 0. The van der Waals surface area contributed by atoms with E-state index in [1.165, 1.54) is 23.0 Å². The SMILES string of the molecule is CCOC(=O)C(F)n1ccn2nc(C)cc2c1=O. The van der Waals surface area contributed by atoms with Crippen molar-refractivity contribution in [2.75, 3.05) is 6.61 Å². The fourth-order valence-corrected chi connectivity index (χ4v) is 1.63. The molecule has 2 aromatic heterocycles. The largest absolute Gasteiger partial charge is 0.462 e. The average Bonchev–Trinajstić information content (AvgIpc) is 2.71. The van der Waals surface area contributed by atoms with Crippen molar-refractivity contribution in [1.29, 1.82) is 0 Å². The number of hydrogen-bond acceptors (Lipinski definition) is 4. The molecule has 0 aliphatic carbocycles. The third-order valence-corrected chi connectivity index (χ3v) is 2.41. The van der Waals surface area contributed by atoms with Crippen molar-refractivity contribution in [2.45, 2.75) is 20.1 Å². The summed E-state index contributed by atoms with van der Waals surface area (Å²) in [6, 6.07) is 1.52. The lowest BCUT2D eigenvalue weighted by Crippen LogP contribution is -2.29. The Labute approximate surface area is 102 Å². The van der Waals surface area contributed by atoms with Crippen molar-refractivity contribution in [1.82, 2.24) is 14.2 Å². The summed E-state index contributed by atoms with van der Waals surface area (Å²) < 4.78 is 20.3. The lowest BCUT2D eigenvalue weighted by atomic mass is 10.4. The van der Waals surface area contributed by atoms with E-state index in [9.17, 15) is 14.0 Å². The summed E-state index contributed by atoms with van der Waals surface area (Å²) in [6.45, 7) is 3.34. The summed E-state index contributed by atoms with van der Waals surface area (Å²) in [4.78, 5) is 23.2. The van der Waals surface area contributed by atoms with Crippen LogP contribution in [0.25, 0.3) is 5.52 Å². The molecule has 6 nitrogen and oxygen atoms in total. The third kappa shape index (κ3) is 1.99. The van der Waals surface area contributed by atoms with Crippen molar-refractivity contribution in [2.24, 2.45) is 0 Å². The summed E-state index contributed by atoms with van der Waals surface area (Å²) in [6.07, 6.45) is 0.441. The van der Waals surface area contributed by atoms with Gasteiger partial charge in [0, 0.05) is 12.4 Å². The molecule has 96 valence electrons. The topological polar surface area (TPSA) is 65.6 Å². The molecule has 0 saturated heterocycles. The normalized spacial score (nSPS) is 12.6. The van der Waals surface area contributed by atoms with Gasteiger partial charge in [-0.3, -0.25) is 9.36 Å². The van der Waals surface area contributed by atoms with Gasteiger partial charge in [0.15, 0.2) is 0 Å². The van der Waals surface area contributed by atoms with E-state index in [-0.39, 0.29) is 12.1 Å². The molecular weight excluding hydrogens is 241 g/mol. The van der Waals surface area contributed by atoms with Gasteiger partial charge in [0.25, 0.3) is 11.9 Å². The molecule has 2 heterocycles. The number of ether oxygens (including phenoxy) is 1. The molecule has 0 N–H and O–H groups in total. The number of nitrogens with zero attached hydrogens (tertiary/aromatic N) is 3. The fraction of sp³-hybridized carbons (Fsp3) is 0.364. The second kappa shape index (κ2) is 4.59. The van der Waals surface area contributed by atoms with Gasteiger partial charge in [-0.15, -0.1) is 0 Å². The van der Waals surface area contributed by atoms with Crippen molar-refractivity contribution in [3.05, 3.63) is 34.5 Å². The Balaban J connectivity index is 2.48. The van der Waals surface area contributed by atoms with Gasteiger partial charge in [-0.2, -0.15) is 5.10 Å². The van der Waals surface area contributed by atoms with Gasteiger partial charge in [0.05, 0.1) is 12.3 Å². The van der Waals surface area contributed by atoms with Crippen molar-refractivity contribution in [3.8, 4) is 0 Å². The highest BCUT2D eigenvalue weighted by molar-refractivity contribution is 5.72. The minimum Gasteiger partial charge on any atom is -0.462 e. The van der Waals surface area contributed by atoms with Crippen LogP contribution in [0, 0.1) is 6.92 Å². The smallest absolute Gasteiger partial charge is 0.362 e. The number of fused-ring (bicyclic) bond motifs is 1. The van der Waals surface area contributed by atoms with Crippen LogP contribution in [-0.2, 0) is 9.53 Å². The number of hydrogen-bond donors (Lipinski definition) is 0. The number of carbonyl (C=O) groups excluding carboxylic acids is 1. The molecule has 0 spiro atoms. The van der Waals surface area contributed by atoms with Crippen LogP contribution in [0.15, 0.2) is 23.3 Å². The van der Waals surface area contributed by atoms with E-state index in [4.69, 9.17) is 0 Å². The molecule has 2 aromatic rings. The second-order valence-corrected chi connectivity index (χ2v) is 3.71. The predicted octanol–water partition coefficient (Wildman–Crippen LogP) is 0.836. The Morgan fingerprint density at radius 1 is 1.56 bits per heavy atom. The molecule has 18 heavy (non-hydrogen) atoms. The molecule has 0 aliphatic rings. The van der Waals surface area contributed by atoms with Crippen molar-refractivity contribution in [3.63, 3.8) is 0 Å². The zero-order valence-electron chi connectivity index (χ0n) is 9.96. The van der Waals surface area contributed by atoms with Crippen LogP contribution in [0.2, 0.25) is 0 Å². The molecule has 0 saturated carbocycles. The van der Waals surface area contributed by atoms with Crippen LogP contribution in [-0.4, -0.2) is 26.8 Å². The number of aryl methyl sites for hydroxylation is 1. The number of esters is 1. The van der Waals surface area contributed by atoms with Crippen molar-refractivity contribution >= 4 is 11.5 Å². The molecule has 7 heteroatoms. The molecule has 0 aromatic carbocycles. The molecule has 0 aliphatic heterocycles. The van der Waals surface area contributed by atoms with Gasteiger partial charge in [0.1, 0.15) is 5.52 Å². The summed E-state index contributed by atoms with van der Waals surface area (Å²) in [5.41, 5.74) is 0.219. The average molecular weight is 253 g/mol. The van der Waals surface area contributed by atoms with E-state index in [2.05, 4.69) is 9.84 Å². The Kier molecular flexibility index (Phi) is 3.14. The minimum absolute atomic E-state index is 0.0576. The zero-order valence-corrected chi connectivity index (χ0v) is 9.96. The number of aromatic nitrogens is 3. The van der Waals surface area contributed by atoms with Crippen LogP contribution >= 0.6 is 0 Å². The highest BCUT2D eigenvalue weighted by Crippen LogP contribution is 2.09. The number of halogens is 1. The maximum absolute atomic E-state index is 13.8. The fourth-order valence-electron chi connectivity index (χ4n) is 1.63. The van der Waals surface area contributed by atoms with Gasteiger partial charge in [-0.05, 0) is 19.9 Å². The van der Waals surface area contributed by atoms with Gasteiger partial charge < -0.3 is 4.74 Å². The molecular formula is C11H12FN3O3. The predicted molar refractivity (Wildman–Crippen MR) is 61.0 cm³/mol. The number of carbonyl (C=O) groups is 1. The highest BCUT2D eigenvalue weighted by atomic mass is 19.1. The van der Waals surface area contributed by atoms with Crippen LogP contribution in [0.4, 0.5) is 4.39 Å². The van der Waals surface area contributed by atoms with Crippen LogP contribution in [0.1, 0.15) is 18.9 Å². The molecule has 0 bridgehead atoms. The van der Waals surface area contributed by atoms with Crippen LogP contribution < -0.4 is 5.56 Å². The Morgan fingerprint density at radius 2 is 2.28 bits per heavy atom. The molecule has 0 radical (unpaired) electrons. The molecule has 1 atom stereocenters. The number of alkyl halides is 1. The molecule has 0 fully saturated rings. The standard InChI is InChI=1S/C11H12FN3O3/c1-3-18-11(17)9(12)14-4-5-15-8(10(14)16)6-7(2)13-15/h4-6,9H,3H2,1-2H3. The van der Waals surface area contributed by atoms with Crippen molar-refractivity contribution < 1.29 is 13.9 Å². The third-order valence-electron chi connectivity index (χ3n) is 2.41. The highest BCUT2D eigenvalue weighted by Gasteiger charge is 2.22. The van der Waals surface area contributed by atoms with Gasteiger partial charge in [0.2, 0.25) is 0 Å². The maximum Gasteiger partial charge on any atom is 0.362 e. The lowest BCUT2D eigenvalue weighted by molar-refractivity contribution is -0.152. The van der Waals surface area contributed by atoms with E-state index in [0.29, 0.717) is 10.3 Å². The monoisotopic (exact) mass is 253 g/mol. The summed E-state index contributed by atoms with van der Waals surface area (Å²) in [5, 5.41) is 4.02. The first-order valence-electron chi connectivity index (χ1n) is 5.42. The summed E-state index contributed by atoms with van der Waals surface area (Å²) >= 11 is 0. The Morgan fingerprint density at radius 3 is 2.94 bits per heavy atom. The maximum atomic E-state index is 13.8. The molecule has 0 amide bonds. The zero-order chi connectivity index (χ0) is 13.3. The van der Waals surface area contributed by atoms with Crippen LogP contribution in [0.5, 0.6) is 0 Å². The van der Waals surface area contributed by atoms with E-state index in [1.807, 2.05) is 0 Å². The van der Waals surface area contributed by atoms with E-state index < -0.39 is 17.8 Å². The van der Waals surface area contributed by atoms with Gasteiger partial charge in [-0.25, -0.2) is 13.7 Å². The van der Waals surface area contributed by atoms with Crippen LogP contribution in [0.3, 0.4) is 0 Å². The van der Waals surface area contributed by atoms with E-state index in [1.54, 1.807) is 13.8 Å². The lowest BCUT2D eigenvalue weighted by Gasteiger charge is -2.10. The molecule has 2 rings (SSSR count). The summed E-state index contributed by atoms with van der Waals surface area (Å²) in [5.74, 6) is -1.08. The molecule has 1 unspecified atom stereocenters. The van der Waals surface area contributed by atoms with Gasteiger partial charge >= 0.3 is 5.97 Å².